The van der Waals surface area contributed by atoms with Crippen molar-refractivity contribution in [2.24, 2.45) is 5.92 Å². The summed E-state index contributed by atoms with van der Waals surface area (Å²) in [5.41, 5.74) is 1.47. The van der Waals surface area contributed by atoms with Crippen LogP contribution in [0.5, 0.6) is 11.5 Å². The van der Waals surface area contributed by atoms with Gasteiger partial charge >= 0.3 is 0 Å². The predicted molar refractivity (Wildman–Crippen MR) is 137 cm³/mol. The number of thioether (sulfide) groups is 1. The fraction of sp³-hybridized carbons (Fsp3) is 0.360. The first kappa shape index (κ1) is 25.2. The van der Waals surface area contributed by atoms with Crippen molar-refractivity contribution >= 4 is 50.6 Å². The van der Waals surface area contributed by atoms with E-state index in [2.05, 4.69) is 15.9 Å². The van der Waals surface area contributed by atoms with Crippen molar-refractivity contribution < 1.29 is 24.0 Å². The smallest absolute Gasteiger partial charge is 0.293 e. The van der Waals surface area contributed by atoms with Gasteiger partial charge in [0, 0.05) is 23.2 Å². The van der Waals surface area contributed by atoms with Crippen LogP contribution in [0, 0.1) is 16.0 Å². The van der Waals surface area contributed by atoms with Crippen LogP contribution in [0.1, 0.15) is 43.2 Å². The maximum atomic E-state index is 13.0. The van der Waals surface area contributed by atoms with E-state index in [0.717, 1.165) is 43.0 Å². The SMILES string of the molecule is COc1cc(/C=C2/SC(=O)N(CC3CCCCC3)C2=O)c(Br)cc1OCc1ccc([N+](=O)[O-])cc1. The van der Waals surface area contributed by atoms with Crippen LogP contribution in [-0.2, 0) is 11.4 Å². The van der Waals surface area contributed by atoms with Gasteiger partial charge in [-0.3, -0.25) is 24.6 Å². The Balaban J connectivity index is 1.47. The average molecular weight is 561 g/mol. The van der Waals surface area contributed by atoms with E-state index in [-0.39, 0.29) is 23.4 Å². The third-order valence-electron chi connectivity index (χ3n) is 6.15. The number of amides is 2. The lowest BCUT2D eigenvalue weighted by atomic mass is 9.89. The van der Waals surface area contributed by atoms with E-state index in [1.807, 2.05) is 0 Å². The number of nitrogens with zero attached hydrogens (tertiary/aromatic N) is 2. The van der Waals surface area contributed by atoms with E-state index >= 15 is 0 Å². The molecule has 1 aliphatic heterocycles. The summed E-state index contributed by atoms with van der Waals surface area (Å²) in [4.78, 5) is 37.6. The first-order chi connectivity index (χ1) is 16.9. The van der Waals surface area contributed by atoms with Crippen molar-refractivity contribution in [1.82, 2.24) is 4.90 Å². The third-order valence-corrected chi connectivity index (χ3v) is 7.74. The van der Waals surface area contributed by atoms with Crippen LogP contribution < -0.4 is 9.47 Å². The van der Waals surface area contributed by atoms with Crippen LogP contribution in [-0.4, -0.2) is 34.6 Å². The molecule has 2 fully saturated rings. The number of halogens is 1. The van der Waals surface area contributed by atoms with Crippen molar-refractivity contribution in [2.75, 3.05) is 13.7 Å². The largest absolute Gasteiger partial charge is 0.493 e. The van der Waals surface area contributed by atoms with Gasteiger partial charge < -0.3 is 9.47 Å². The lowest BCUT2D eigenvalue weighted by Gasteiger charge is -2.25. The van der Waals surface area contributed by atoms with Gasteiger partial charge in [0.25, 0.3) is 16.8 Å². The Morgan fingerprint density at radius 2 is 1.86 bits per heavy atom. The molecule has 184 valence electrons. The summed E-state index contributed by atoms with van der Waals surface area (Å²) in [7, 11) is 1.52. The number of methoxy groups -OCH3 is 1. The second kappa shape index (κ2) is 11.3. The number of benzene rings is 2. The zero-order valence-corrected chi connectivity index (χ0v) is 21.6. The van der Waals surface area contributed by atoms with E-state index < -0.39 is 4.92 Å². The van der Waals surface area contributed by atoms with E-state index in [0.29, 0.717) is 38.9 Å². The molecule has 0 bridgehead atoms. The summed E-state index contributed by atoms with van der Waals surface area (Å²) in [6.07, 6.45) is 7.35. The summed E-state index contributed by atoms with van der Waals surface area (Å²) in [6, 6.07) is 9.61. The highest BCUT2D eigenvalue weighted by molar-refractivity contribution is 9.10. The van der Waals surface area contributed by atoms with Crippen LogP contribution in [0.4, 0.5) is 10.5 Å². The summed E-state index contributed by atoms with van der Waals surface area (Å²) in [5, 5.41) is 10.6. The van der Waals surface area contributed by atoms with Crippen molar-refractivity contribution in [3.63, 3.8) is 0 Å². The molecule has 0 atom stereocenters. The zero-order chi connectivity index (χ0) is 24.9. The maximum absolute atomic E-state index is 13.0. The first-order valence-corrected chi connectivity index (χ1v) is 13.0. The number of nitro benzene ring substituents is 1. The van der Waals surface area contributed by atoms with Crippen molar-refractivity contribution in [3.05, 3.63) is 67.0 Å². The van der Waals surface area contributed by atoms with E-state index in [9.17, 15) is 19.7 Å². The number of ether oxygens (including phenoxy) is 2. The number of imide groups is 1. The minimum atomic E-state index is -0.450. The molecular weight excluding hydrogens is 536 g/mol. The number of carbonyl (C=O) groups excluding carboxylic acids is 2. The molecule has 2 aromatic carbocycles. The second-order valence-corrected chi connectivity index (χ2v) is 10.4. The molecule has 2 amide bonds. The van der Waals surface area contributed by atoms with Crippen molar-refractivity contribution in [3.8, 4) is 11.5 Å². The molecule has 2 aromatic rings. The molecule has 8 nitrogen and oxygen atoms in total. The number of non-ortho nitro benzene ring substituents is 1. The van der Waals surface area contributed by atoms with Crippen molar-refractivity contribution in [1.29, 1.82) is 0 Å². The summed E-state index contributed by atoms with van der Waals surface area (Å²) < 4.78 is 12.0. The van der Waals surface area contributed by atoms with Crippen molar-refractivity contribution in [2.45, 2.75) is 38.7 Å². The monoisotopic (exact) mass is 560 g/mol. The zero-order valence-electron chi connectivity index (χ0n) is 19.2. The van der Waals surface area contributed by atoms with Gasteiger partial charge in [-0.15, -0.1) is 0 Å². The summed E-state index contributed by atoms with van der Waals surface area (Å²) in [6.45, 7) is 0.683. The molecule has 1 saturated carbocycles. The molecule has 1 saturated heterocycles. The normalized spacial score (nSPS) is 17.8. The minimum Gasteiger partial charge on any atom is -0.493 e. The molecule has 1 heterocycles. The second-order valence-electron chi connectivity index (χ2n) is 8.53. The van der Waals surface area contributed by atoms with Gasteiger partial charge in [-0.05, 0) is 72.0 Å². The van der Waals surface area contributed by atoms with Gasteiger partial charge in [-0.1, -0.05) is 35.2 Å². The van der Waals surface area contributed by atoms with Gasteiger partial charge in [0.15, 0.2) is 11.5 Å². The molecule has 1 aliphatic carbocycles. The molecular formula is C25H25BrN2O6S. The van der Waals surface area contributed by atoms with Gasteiger partial charge in [0.1, 0.15) is 6.61 Å². The van der Waals surface area contributed by atoms with Crippen LogP contribution >= 0.6 is 27.7 Å². The van der Waals surface area contributed by atoms with Crippen LogP contribution in [0.2, 0.25) is 0 Å². The number of rotatable bonds is 8. The molecule has 4 rings (SSSR count). The summed E-state index contributed by atoms with van der Waals surface area (Å²) >= 11 is 4.49. The summed E-state index contributed by atoms with van der Waals surface area (Å²) in [5.74, 6) is 1.06. The standard InChI is InChI=1S/C25H25BrN2O6S/c1-33-21-11-18(12-23-24(29)27(25(30)35-23)14-16-5-3-2-4-6-16)20(26)13-22(21)34-15-17-7-9-19(10-8-17)28(31)32/h7-13,16H,2-6,14-15H2,1H3/b23-12+. The highest BCUT2D eigenvalue weighted by atomic mass is 79.9. The Morgan fingerprint density at radius 1 is 1.14 bits per heavy atom. The van der Waals surface area contributed by atoms with Crippen LogP contribution in [0.15, 0.2) is 45.8 Å². The third kappa shape index (κ3) is 6.05. The number of carbonyl (C=O) groups is 2. The van der Waals surface area contributed by atoms with Gasteiger partial charge in [0.05, 0.1) is 16.9 Å². The number of nitro groups is 1. The first-order valence-electron chi connectivity index (χ1n) is 11.3. The Morgan fingerprint density at radius 3 is 2.51 bits per heavy atom. The quantitative estimate of drug-likeness (QED) is 0.204. The molecule has 0 aromatic heterocycles. The molecule has 2 aliphatic rings. The Kier molecular flexibility index (Phi) is 8.12. The maximum Gasteiger partial charge on any atom is 0.293 e. The molecule has 10 heteroatoms. The van der Waals surface area contributed by atoms with Gasteiger partial charge in [-0.2, -0.15) is 0 Å². The van der Waals surface area contributed by atoms with Gasteiger partial charge in [0.2, 0.25) is 0 Å². The predicted octanol–water partition coefficient (Wildman–Crippen LogP) is 6.56. The lowest BCUT2D eigenvalue weighted by molar-refractivity contribution is -0.384. The van der Waals surface area contributed by atoms with E-state index in [1.165, 1.54) is 30.6 Å². The van der Waals surface area contributed by atoms with E-state index in [1.54, 1.807) is 30.3 Å². The Bertz CT molecular complexity index is 1160. The fourth-order valence-electron chi connectivity index (χ4n) is 4.24. The van der Waals surface area contributed by atoms with Gasteiger partial charge in [-0.25, -0.2) is 0 Å². The molecule has 0 radical (unpaired) electrons. The average Bonchev–Trinajstić information content (AvgIpc) is 3.12. The molecule has 35 heavy (non-hydrogen) atoms. The number of hydrogen-bond acceptors (Lipinski definition) is 7. The number of hydrogen-bond donors (Lipinski definition) is 0. The highest BCUT2D eigenvalue weighted by Gasteiger charge is 2.36. The Hall–Kier alpha value is -2.85. The molecule has 0 N–H and O–H groups in total. The Labute approximate surface area is 215 Å². The minimum absolute atomic E-state index is 0.0154. The molecule has 0 spiro atoms. The topological polar surface area (TPSA) is 99.0 Å². The highest BCUT2D eigenvalue weighted by Crippen LogP contribution is 2.39. The van der Waals surface area contributed by atoms with Crippen LogP contribution in [0.3, 0.4) is 0 Å². The van der Waals surface area contributed by atoms with Crippen LogP contribution in [0.25, 0.3) is 6.08 Å². The van der Waals surface area contributed by atoms with E-state index in [4.69, 9.17) is 9.47 Å². The lowest BCUT2D eigenvalue weighted by Crippen LogP contribution is -2.34. The fourth-order valence-corrected chi connectivity index (χ4v) is 5.51. The molecule has 0 unspecified atom stereocenters.